The van der Waals surface area contributed by atoms with Gasteiger partial charge in [0.05, 0.1) is 42.7 Å². The van der Waals surface area contributed by atoms with E-state index in [2.05, 4.69) is 169 Å². The van der Waals surface area contributed by atoms with E-state index in [-0.39, 0.29) is 22.6 Å². The number of carbonyl (C=O) groups is 2. The van der Waals surface area contributed by atoms with Crippen LogP contribution in [0.15, 0.2) is 115 Å². The first-order valence-electron chi connectivity index (χ1n) is 26.6. The molecule has 12 nitrogen and oxygen atoms in total. The molecule has 0 saturated carbocycles. The minimum absolute atomic E-state index is 0.120. The van der Waals surface area contributed by atoms with Crippen molar-refractivity contribution in [2.45, 2.75) is 100 Å². The van der Waals surface area contributed by atoms with Gasteiger partial charge in [0.25, 0.3) is 0 Å². The van der Waals surface area contributed by atoms with E-state index < -0.39 is 0 Å². The molecule has 0 bridgehead atoms. The molecule has 0 spiro atoms. The lowest BCUT2D eigenvalue weighted by Gasteiger charge is -2.20. The molecule has 6 aromatic carbocycles. The van der Waals surface area contributed by atoms with Crippen LogP contribution in [0.2, 0.25) is 0 Å². The number of nitrogens with zero attached hydrogens (tertiary/aromatic N) is 6. The molecule has 0 saturated heterocycles. The Morgan fingerprint density at radius 3 is 1.46 bits per heavy atom. The lowest BCUT2D eigenvalue weighted by atomic mass is 9.86. The van der Waals surface area contributed by atoms with Gasteiger partial charge in [-0.05, 0) is 121 Å². The summed E-state index contributed by atoms with van der Waals surface area (Å²) in [5.41, 5.74) is 19.8. The van der Waals surface area contributed by atoms with Gasteiger partial charge in [-0.15, -0.1) is 0 Å². The van der Waals surface area contributed by atoms with E-state index in [9.17, 15) is 9.59 Å². The summed E-state index contributed by atoms with van der Waals surface area (Å²) >= 11 is 0. The van der Waals surface area contributed by atoms with Crippen LogP contribution in [0.1, 0.15) is 90.1 Å². The molecule has 2 N–H and O–H groups in total. The predicted octanol–water partition coefficient (Wildman–Crippen LogP) is 14.9. The van der Waals surface area contributed by atoms with Crippen LogP contribution in [0.5, 0.6) is 11.5 Å². The highest BCUT2D eigenvalue weighted by molar-refractivity contribution is 5.98. The quantitative estimate of drug-likeness (QED) is 0.117. The van der Waals surface area contributed by atoms with Gasteiger partial charge in [-0.3, -0.25) is 9.59 Å². The van der Waals surface area contributed by atoms with E-state index in [1.54, 1.807) is 0 Å². The number of hydrogen-bond acceptors (Lipinski definition) is 8. The zero-order chi connectivity index (χ0) is 57.1. The van der Waals surface area contributed by atoms with Crippen LogP contribution in [-0.2, 0) is 34.0 Å². The van der Waals surface area contributed by atoms with Crippen molar-refractivity contribution in [2.24, 2.45) is 7.05 Å². The highest BCUT2D eigenvalue weighted by Gasteiger charge is 2.26. The molecule has 2 aromatic heterocycles. The summed E-state index contributed by atoms with van der Waals surface area (Å²) < 4.78 is 15.7. The Balaban J connectivity index is 0.000000229. The number of methoxy groups -OCH3 is 2. The van der Waals surface area contributed by atoms with Gasteiger partial charge in [0.1, 0.15) is 28.8 Å². The van der Waals surface area contributed by atoms with Crippen LogP contribution in [-0.4, -0.2) is 73.3 Å². The smallest absolute Gasteiger partial charge is 0.221 e. The third-order valence-electron chi connectivity index (χ3n) is 14.4. The summed E-state index contributed by atoms with van der Waals surface area (Å²) in [6.45, 7) is 26.2. The Labute approximate surface area is 463 Å². The Morgan fingerprint density at radius 2 is 1.00 bits per heavy atom. The number of benzene rings is 6. The first-order chi connectivity index (χ1) is 36.7. The number of amides is 2. The summed E-state index contributed by atoms with van der Waals surface area (Å²) in [6.07, 6.45) is 0. The molecule has 8 rings (SSSR count). The number of aromatic nitrogens is 4. The number of nitrogens with one attached hydrogen (secondary N) is 2. The second kappa shape index (κ2) is 23.2. The van der Waals surface area contributed by atoms with Crippen molar-refractivity contribution >= 4 is 34.6 Å². The Hall–Kier alpha value is -8.12. The van der Waals surface area contributed by atoms with E-state index in [1.807, 2.05) is 79.9 Å². The molecule has 78 heavy (non-hydrogen) atoms. The van der Waals surface area contributed by atoms with Gasteiger partial charge in [-0.25, -0.2) is 9.97 Å². The maximum absolute atomic E-state index is 12.3. The highest BCUT2D eigenvalue weighted by atomic mass is 16.5. The first-order valence-corrected chi connectivity index (χ1v) is 26.6. The predicted molar refractivity (Wildman–Crippen MR) is 326 cm³/mol. The number of imidazole rings is 2. The first kappa shape index (κ1) is 57.6. The normalized spacial score (nSPS) is 11.4. The van der Waals surface area contributed by atoms with Crippen LogP contribution < -0.4 is 29.9 Å². The standard InChI is InChI=1S/C34H42N2.C32H38N6O4/c1-11-36-31(26-14-18-29(19-15-26)34(8,9)10)30(25-12-16-28(17-13-25)33(5,6)7)35-32(36)27-20-22(2)24(4)23(3)21-27;1-19(39)33-26-18-24(37(5)6)14-15-25(26)29-31(21-10-12-23(13-11-21)36(3)4)38(7)32(35-29)22-16-27(41-8)30(34-20(2)40)28(17-22)42-9/h12-21H,11H2,1-10H3;10-18H,1-9H3,(H,33,39)(H,34,40). The Kier molecular flexibility index (Phi) is 17.2. The maximum Gasteiger partial charge on any atom is 0.221 e. The minimum atomic E-state index is -0.242. The second-order valence-electron chi connectivity index (χ2n) is 22.6. The number of carbonyl (C=O) groups excluding carboxylic acids is 2. The van der Waals surface area contributed by atoms with E-state index in [1.165, 1.54) is 72.7 Å². The third-order valence-corrected chi connectivity index (χ3v) is 14.4. The van der Waals surface area contributed by atoms with Gasteiger partial charge in [-0.2, -0.15) is 0 Å². The van der Waals surface area contributed by atoms with Crippen molar-refractivity contribution in [3.05, 3.63) is 143 Å². The summed E-state index contributed by atoms with van der Waals surface area (Å²) in [7, 11) is 12.9. The lowest BCUT2D eigenvalue weighted by molar-refractivity contribution is -0.115. The summed E-state index contributed by atoms with van der Waals surface area (Å²) in [6, 6.07) is 40.5. The van der Waals surface area contributed by atoms with Gasteiger partial charge < -0.3 is 39.0 Å². The molecule has 2 heterocycles. The van der Waals surface area contributed by atoms with Crippen molar-refractivity contribution in [2.75, 3.05) is 62.8 Å². The molecule has 0 atom stereocenters. The van der Waals surface area contributed by atoms with Crippen LogP contribution in [0.25, 0.3) is 67.8 Å². The van der Waals surface area contributed by atoms with Gasteiger partial charge in [0, 0.05) is 100 Å². The van der Waals surface area contributed by atoms with Gasteiger partial charge in [0.2, 0.25) is 11.8 Å². The summed E-state index contributed by atoms with van der Waals surface area (Å²) in [5, 5.41) is 5.79. The summed E-state index contributed by atoms with van der Waals surface area (Å²) in [4.78, 5) is 38.7. The fourth-order valence-electron chi connectivity index (χ4n) is 9.74. The maximum atomic E-state index is 12.3. The fourth-order valence-corrected chi connectivity index (χ4v) is 9.74. The molecule has 12 heteroatoms. The molecular formula is C66H80N8O4. The lowest BCUT2D eigenvalue weighted by Crippen LogP contribution is -2.11. The van der Waals surface area contributed by atoms with E-state index in [0.29, 0.717) is 34.4 Å². The average Bonchev–Trinajstić information content (AvgIpc) is 4.04. The van der Waals surface area contributed by atoms with E-state index >= 15 is 0 Å². The number of hydrogen-bond donors (Lipinski definition) is 2. The third kappa shape index (κ3) is 12.3. The zero-order valence-electron chi connectivity index (χ0n) is 49.5. The Morgan fingerprint density at radius 1 is 0.551 bits per heavy atom. The van der Waals surface area contributed by atoms with Crippen LogP contribution in [0, 0.1) is 20.8 Å². The fraction of sp³-hybridized carbons (Fsp3) is 0.333. The zero-order valence-corrected chi connectivity index (χ0v) is 49.5. The average molecular weight is 1050 g/mol. The van der Waals surface area contributed by atoms with Crippen molar-refractivity contribution in [3.63, 3.8) is 0 Å². The van der Waals surface area contributed by atoms with Crippen molar-refractivity contribution < 1.29 is 19.1 Å². The molecule has 0 radical (unpaired) electrons. The molecule has 0 aliphatic carbocycles. The molecule has 0 aliphatic rings. The molecule has 0 fully saturated rings. The molecule has 0 aliphatic heterocycles. The molecule has 0 unspecified atom stereocenters. The second-order valence-corrected chi connectivity index (χ2v) is 22.6. The number of ether oxygens (including phenoxy) is 2. The Bertz CT molecular complexity index is 3410. The van der Waals surface area contributed by atoms with Gasteiger partial charge >= 0.3 is 0 Å². The van der Waals surface area contributed by atoms with Crippen LogP contribution in [0.4, 0.5) is 22.7 Å². The van der Waals surface area contributed by atoms with Crippen molar-refractivity contribution in [1.29, 1.82) is 0 Å². The van der Waals surface area contributed by atoms with Gasteiger partial charge in [-0.1, -0.05) is 102 Å². The molecule has 8 aromatic rings. The topological polar surface area (TPSA) is 119 Å². The number of aryl methyl sites for hydroxylation is 2. The van der Waals surface area contributed by atoms with Crippen molar-refractivity contribution in [3.8, 4) is 79.3 Å². The largest absolute Gasteiger partial charge is 0.494 e. The molecule has 2 amide bonds. The number of rotatable bonds is 13. The number of anilines is 4. The molecular weight excluding hydrogens is 969 g/mol. The van der Waals surface area contributed by atoms with Crippen LogP contribution in [0.3, 0.4) is 0 Å². The molecule has 408 valence electrons. The van der Waals surface area contributed by atoms with E-state index in [0.717, 1.165) is 57.4 Å². The van der Waals surface area contributed by atoms with Crippen molar-refractivity contribution in [1.82, 2.24) is 19.1 Å². The monoisotopic (exact) mass is 1050 g/mol. The SMILES string of the molecule is CCn1c(-c2cc(C)c(C)c(C)c2)nc(-c2ccc(C(C)(C)C)cc2)c1-c1ccc(C(C)(C)C)cc1.COc1cc(-c2nc(-c3ccc(N(C)C)cc3NC(C)=O)c(-c3ccc(N(C)C)cc3)n2C)cc(OC)c1NC(C)=O. The van der Waals surface area contributed by atoms with Gasteiger partial charge in [0.15, 0.2) is 0 Å². The highest BCUT2D eigenvalue weighted by Crippen LogP contribution is 2.45. The van der Waals surface area contributed by atoms with Crippen LogP contribution >= 0.6 is 0 Å². The summed E-state index contributed by atoms with van der Waals surface area (Å²) in [5.74, 6) is 2.14. The van der Waals surface area contributed by atoms with E-state index in [4.69, 9.17) is 19.4 Å². The minimum Gasteiger partial charge on any atom is -0.494 e.